The number of carbonyl (C=O) groups is 1. The Morgan fingerprint density at radius 3 is 2.85 bits per heavy atom. The van der Waals surface area contributed by atoms with E-state index in [-0.39, 0.29) is 18.7 Å². The third kappa shape index (κ3) is 2.82. The number of carboxylic acids is 1. The van der Waals surface area contributed by atoms with Crippen molar-refractivity contribution >= 4 is 28.2 Å². The van der Waals surface area contributed by atoms with Crippen LogP contribution in [0.1, 0.15) is 12.1 Å². The highest BCUT2D eigenvalue weighted by Gasteiger charge is 2.14. The first-order chi connectivity index (χ1) is 9.49. The van der Waals surface area contributed by atoms with Gasteiger partial charge < -0.3 is 10.4 Å². The molecule has 104 valence electrons. The van der Waals surface area contributed by atoms with Crippen LogP contribution in [-0.4, -0.2) is 27.5 Å². The predicted octanol–water partition coefficient (Wildman–Crippen LogP) is 2.34. The van der Waals surface area contributed by atoms with Gasteiger partial charge in [0.1, 0.15) is 5.82 Å². The summed E-state index contributed by atoms with van der Waals surface area (Å²) in [7, 11) is 0. The Morgan fingerprint density at radius 1 is 1.45 bits per heavy atom. The molecule has 2 rings (SSSR count). The van der Waals surface area contributed by atoms with Crippen LogP contribution in [-0.2, 0) is 4.79 Å². The SMILES string of the molecule is Cc1cc2c([N+](=O)[O-])cccc2c(NCCC(=O)O)n1. The predicted molar refractivity (Wildman–Crippen MR) is 73.9 cm³/mol. The van der Waals surface area contributed by atoms with Crippen molar-refractivity contribution in [3.8, 4) is 0 Å². The fourth-order valence-electron chi connectivity index (χ4n) is 1.97. The molecule has 0 unspecified atom stereocenters. The van der Waals surface area contributed by atoms with Gasteiger partial charge in [0.15, 0.2) is 0 Å². The number of benzene rings is 1. The fourth-order valence-corrected chi connectivity index (χ4v) is 1.97. The molecule has 2 N–H and O–H groups in total. The molecule has 0 amide bonds. The van der Waals surface area contributed by atoms with Crippen molar-refractivity contribution in [2.45, 2.75) is 13.3 Å². The number of nitro benzene ring substituents is 1. The van der Waals surface area contributed by atoms with E-state index in [0.29, 0.717) is 22.3 Å². The zero-order chi connectivity index (χ0) is 14.7. The number of aryl methyl sites for hydroxylation is 1. The van der Waals surface area contributed by atoms with Crippen molar-refractivity contribution in [1.82, 2.24) is 4.98 Å². The molecule has 0 saturated heterocycles. The summed E-state index contributed by atoms with van der Waals surface area (Å²) in [5.41, 5.74) is 0.638. The van der Waals surface area contributed by atoms with E-state index in [1.165, 1.54) is 6.07 Å². The van der Waals surface area contributed by atoms with Crippen LogP contribution < -0.4 is 5.32 Å². The smallest absolute Gasteiger partial charge is 0.305 e. The van der Waals surface area contributed by atoms with E-state index in [9.17, 15) is 14.9 Å². The lowest BCUT2D eigenvalue weighted by Crippen LogP contribution is -2.09. The third-order valence-electron chi connectivity index (χ3n) is 2.81. The Labute approximate surface area is 114 Å². The maximum Gasteiger partial charge on any atom is 0.305 e. The maximum absolute atomic E-state index is 11.0. The lowest BCUT2D eigenvalue weighted by Gasteiger charge is -2.09. The number of anilines is 1. The van der Waals surface area contributed by atoms with Gasteiger partial charge in [0.25, 0.3) is 5.69 Å². The van der Waals surface area contributed by atoms with Gasteiger partial charge in [0, 0.05) is 23.7 Å². The molecule has 2 aromatic rings. The molecule has 1 aromatic heterocycles. The summed E-state index contributed by atoms with van der Waals surface area (Å²) < 4.78 is 0. The second-order valence-corrected chi connectivity index (χ2v) is 4.31. The molecule has 0 atom stereocenters. The van der Waals surface area contributed by atoms with E-state index in [0.717, 1.165) is 0 Å². The lowest BCUT2D eigenvalue weighted by molar-refractivity contribution is -0.383. The Kier molecular flexibility index (Phi) is 3.79. The quantitative estimate of drug-likeness (QED) is 0.641. The Hall–Kier alpha value is -2.70. The van der Waals surface area contributed by atoms with E-state index in [4.69, 9.17) is 5.11 Å². The van der Waals surface area contributed by atoms with Gasteiger partial charge >= 0.3 is 5.97 Å². The number of fused-ring (bicyclic) bond motifs is 1. The Bertz CT molecular complexity index is 685. The summed E-state index contributed by atoms with van der Waals surface area (Å²) >= 11 is 0. The molecule has 1 heterocycles. The summed E-state index contributed by atoms with van der Waals surface area (Å²) in [5, 5.41) is 23.7. The van der Waals surface area contributed by atoms with Crippen LogP contribution in [0.25, 0.3) is 10.8 Å². The first kappa shape index (κ1) is 13.7. The van der Waals surface area contributed by atoms with Crippen LogP contribution >= 0.6 is 0 Å². The minimum atomic E-state index is -0.916. The first-order valence-electron chi connectivity index (χ1n) is 5.99. The average molecular weight is 275 g/mol. The van der Waals surface area contributed by atoms with Crippen LogP contribution in [0.4, 0.5) is 11.5 Å². The van der Waals surface area contributed by atoms with Crippen LogP contribution in [0.3, 0.4) is 0 Å². The number of hydrogen-bond donors (Lipinski definition) is 2. The van der Waals surface area contributed by atoms with Gasteiger partial charge in [-0.15, -0.1) is 0 Å². The molecule has 0 radical (unpaired) electrons. The second-order valence-electron chi connectivity index (χ2n) is 4.31. The van der Waals surface area contributed by atoms with Crippen molar-refractivity contribution in [2.75, 3.05) is 11.9 Å². The number of rotatable bonds is 5. The number of aromatic nitrogens is 1. The molecule has 20 heavy (non-hydrogen) atoms. The molecule has 0 aliphatic heterocycles. The van der Waals surface area contributed by atoms with Gasteiger partial charge in [0.2, 0.25) is 0 Å². The highest BCUT2D eigenvalue weighted by Crippen LogP contribution is 2.30. The molecule has 0 aliphatic carbocycles. The molecular weight excluding hydrogens is 262 g/mol. The molecule has 0 aliphatic rings. The largest absolute Gasteiger partial charge is 0.481 e. The van der Waals surface area contributed by atoms with Gasteiger partial charge in [-0.2, -0.15) is 0 Å². The van der Waals surface area contributed by atoms with Gasteiger partial charge in [-0.3, -0.25) is 14.9 Å². The van der Waals surface area contributed by atoms with Crippen LogP contribution in [0.2, 0.25) is 0 Å². The van der Waals surface area contributed by atoms with Crippen molar-refractivity contribution in [2.24, 2.45) is 0 Å². The number of nitrogens with zero attached hydrogens (tertiary/aromatic N) is 2. The van der Waals surface area contributed by atoms with E-state index < -0.39 is 10.9 Å². The van der Waals surface area contributed by atoms with Gasteiger partial charge in [-0.25, -0.2) is 4.98 Å². The standard InChI is InChI=1S/C13H13N3O4/c1-8-7-10-9(3-2-4-11(10)16(19)20)13(15-8)14-6-5-12(17)18/h2-4,7H,5-6H2,1H3,(H,14,15)(H,17,18). The summed E-state index contributed by atoms with van der Waals surface area (Å²) in [6.07, 6.45) is -0.0496. The second kappa shape index (κ2) is 5.52. The molecule has 7 heteroatoms. The number of aliphatic carboxylic acids is 1. The van der Waals surface area contributed by atoms with Gasteiger partial charge in [-0.05, 0) is 13.0 Å². The monoisotopic (exact) mass is 275 g/mol. The van der Waals surface area contributed by atoms with E-state index in [2.05, 4.69) is 10.3 Å². The van der Waals surface area contributed by atoms with Gasteiger partial charge in [-0.1, -0.05) is 12.1 Å². The molecule has 0 bridgehead atoms. The van der Waals surface area contributed by atoms with Crippen LogP contribution in [0.5, 0.6) is 0 Å². The molecule has 0 spiro atoms. The molecule has 0 fully saturated rings. The number of non-ortho nitro benzene ring substituents is 1. The Balaban J connectivity index is 2.47. The fraction of sp³-hybridized carbons (Fsp3) is 0.231. The van der Waals surface area contributed by atoms with E-state index in [1.54, 1.807) is 25.1 Å². The number of pyridine rings is 1. The lowest BCUT2D eigenvalue weighted by atomic mass is 10.1. The minimum absolute atomic E-state index is 0.00860. The summed E-state index contributed by atoms with van der Waals surface area (Å²) in [6, 6.07) is 6.39. The number of nitrogens with one attached hydrogen (secondary N) is 1. The Morgan fingerprint density at radius 2 is 2.20 bits per heavy atom. The molecular formula is C13H13N3O4. The number of hydrogen-bond acceptors (Lipinski definition) is 5. The average Bonchev–Trinajstić information content (AvgIpc) is 2.37. The summed E-state index contributed by atoms with van der Waals surface area (Å²) in [4.78, 5) is 25.4. The van der Waals surface area contributed by atoms with Crippen LogP contribution in [0, 0.1) is 17.0 Å². The zero-order valence-electron chi connectivity index (χ0n) is 10.8. The molecule has 0 saturated carbocycles. The van der Waals surface area contributed by atoms with E-state index >= 15 is 0 Å². The number of nitro groups is 1. The highest BCUT2D eigenvalue weighted by molar-refractivity contribution is 5.98. The topological polar surface area (TPSA) is 105 Å². The van der Waals surface area contributed by atoms with Crippen molar-refractivity contribution in [1.29, 1.82) is 0 Å². The van der Waals surface area contributed by atoms with E-state index in [1.807, 2.05) is 0 Å². The summed E-state index contributed by atoms with van der Waals surface area (Å²) in [5.74, 6) is -0.453. The third-order valence-corrected chi connectivity index (χ3v) is 2.81. The van der Waals surface area contributed by atoms with Gasteiger partial charge in [0.05, 0.1) is 16.7 Å². The number of carboxylic acid groups (broad SMARTS) is 1. The normalized spacial score (nSPS) is 10.4. The van der Waals surface area contributed by atoms with Crippen LogP contribution in [0.15, 0.2) is 24.3 Å². The first-order valence-corrected chi connectivity index (χ1v) is 5.99. The minimum Gasteiger partial charge on any atom is -0.481 e. The van der Waals surface area contributed by atoms with Crippen molar-refractivity contribution < 1.29 is 14.8 Å². The molecule has 1 aromatic carbocycles. The summed E-state index contributed by atoms with van der Waals surface area (Å²) in [6.45, 7) is 1.95. The zero-order valence-corrected chi connectivity index (χ0v) is 10.8. The highest BCUT2D eigenvalue weighted by atomic mass is 16.6. The maximum atomic E-state index is 11.0. The van der Waals surface area contributed by atoms with Crippen molar-refractivity contribution in [3.05, 3.63) is 40.1 Å². The van der Waals surface area contributed by atoms with Crippen molar-refractivity contribution in [3.63, 3.8) is 0 Å². The molecule has 7 nitrogen and oxygen atoms in total.